The minimum Gasteiger partial charge on any atom is -0.507 e. The fraction of sp³-hybridized carbons (Fsp3) is 0.333. The first-order chi connectivity index (χ1) is 14.1. The van der Waals surface area contributed by atoms with Crippen LogP contribution in [0.15, 0.2) is 46.2 Å². The molecule has 0 aliphatic heterocycles. The van der Waals surface area contributed by atoms with Crippen LogP contribution in [0.4, 0.5) is 0 Å². The van der Waals surface area contributed by atoms with Gasteiger partial charge in [0, 0.05) is 11.1 Å². The van der Waals surface area contributed by atoms with Crippen molar-refractivity contribution in [1.82, 2.24) is 0 Å². The zero-order chi connectivity index (χ0) is 23.8. The molecule has 0 radical (unpaired) electrons. The van der Waals surface area contributed by atoms with E-state index in [2.05, 4.69) is 0 Å². The fourth-order valence-electron chi connectivity index (χ4n) is 3.11. The summed E-state index contributed by atoms with van der Waals surface area (Å²) in [4.78, 5) is 10.4. The number of nitrogens with zero attached hydrogens (tertiary/aromatic N) is 1. The summed E-state index contributed by atoms with van der Waals surface area (Å²) in [7, 11) is -4.15. The maximum absolute atomic E-state index is 13.0. The third-order valence-corrected chi connectivity index (χ3v) is 6.54. The number of allylic oxidation sites excluding steroid dienone is 1. The molecule has 0 atom stereocenters. The minimum atomic E-state index is -4.15. The van der Waals surface area contributed by atoms with Crippen molar-refractivity contribution in [1.29, 1.82) is 5.26 Å². The van der Waals surface area contributed by atoms with Crippen LogP contribution in [0.25, 0.3) is 6.08 Å². The molecule has 0 aliphatic rings. The summed E-state index contributed by atoms with van der Waals surface area (Å²) >= 11 is 0. The van der Waals surface area contributed by atoms with Gasteiger partial charge < -0.3 is 10.2 Å². The lowest BCUT2D eigenvalue weighted by Crippen LogP contribution is -2.17. The second kappa shape index (κ2) is 8.20. The minimum absolute atomic E-state index is 0.0513. The Labute approximate surface area is 183 Å². The Morgan fingerprint density at radius 2 is 1.42 bits per heavy atom. The van der Waals surface area contributed by atoms with E-state index in [9.17, 15) is 23.6 Å². The molecule has 0 saturated carbocycles. The van der Waals surface area contributed by atoms with Crippen molar-refractivity contribution in [2.75, 3.05) is 0 Å². The number of aromatic carboxylic acids is 1. The molecule has 0 saturated heterocycles. The highest BCUT2D eigenvalue weighted by molar-refractivity contribution is 7.95. The van der Waals surface area contributed by atoms with Crippen LogP contribution in [0, 0.1) is 11.3 Å². The highest BCUT2D eigenvalue weighted by Crippen LogP contribution is 2.40. The van der Waals surface area contributed by atoms with Crippen LogP contribution in [-0.2, 0) is 20.7 Å². The molecule has 0 fully saturated rings. The van der Waals surface area contributed by atoms with Crippen molar-refractivity contribution in [2.45, 2.75) is 57.3 Å². The molecule has 0 heterocycles. The van der Waals surface area contributed by atoms with E-state index >= 15 is 0 Å². The molecule has 31 heavy (non-hydrogen) atoms. The summed E-state index contributed by atoms with van der Waals surface area (Å²) in [5.74, 6) is -1.02. The van der Waals surface area contributed by atoms with Crippen molar-refractivity contribution < 1.29 is 23.4 Å². The number of phenols is 1. The number of hydrogen-bond acceptors (Lipinski definition) is 5. The van der Waals surface area contributed by atoms with Crippen molar-refractivity contribution in [2.24, 2.45) is 0 Å². The van der Waals surface area contributed by atoms with Gasteiger partial charge >= 0.3 is 5.97 Å². The van der Waals surface area contributed by atoms with Crippen molar-refractivity contribution in [3.05, 3.63) is 63.6 Å². The molecule has 2 N–H and O–H groups in total. The Morgan fingerprint density at radius 1 is 0.968 bits per heavy atom. The molecule has 0 unspecified atom stereocenters. The number of carbonyl (C=O) groups is 1. The van der Waals surface area contributed by atoms with Crippen LogP contribution in [0.2, 0.25) is 0 Å². The van der Waals surface area contributed by atoms with E-state index in [-0.39, 0.29) is 16.2 Å². The average Bonchev–Trinajstić information content (AvgIpc) is 2.65. The van der Waals surface area contributed by atoms with Gasteiger partial charge in [-0.25, -0.2) is 13.2 Å². The van der Waals surface area contributed by atoms with Crippen molar-refractivity contribution in [3.63, 3.8) is 0 Å². The molecule has 2 aromatic carbocycles. The topological polar surface area (TPSA) is 115 Å². The van der Waals surface area contributed by atoms with E-state index in [0.29, 0.717) is 16.7 Å². The van der Waals surface area contributed by atoms with Gasteiger partial charge in [-0.1, -0.05) is 41.5 Å². The van der Waals surface area contributed by atoms with Gasteiger partial charge in [0.2, 0.25) is 9.84 Å². The van der Waals surface area contributed by atoms with Crippen LogP contribution in [-0.4, -0.2) is 24.6 Å². The predicted molar refractivity (Wildman–Crippen MR) is 120 cm³/mol. The number of aromatic hydroxyl groups is 1. The second-order valence-corrected chi connectivity index (χ2v) is 11.3. The quantitative estimate of drug-likeness (QED) is 0.643. The molecule has 0 bridgehead atoms. The number of benzene rings is 2. The third-order valence-electron chi connectivity index (χ3n) is 4.86. The third kappa shape index (κ3) is 5.15. The summed E-state index contributed by atoms with van der Waals surface area (Å²) in [6.45, 7) is 11.6. The van der Waals surface area contributed by atoms with Gasteiger partial charge in [0.25, 0.3) is 0 Å². The summed E-state index contributed by atoms with van der Waals surface area (Å²) in [5.41, 5.74) is 0.899. The standard InChI is InChI=1S/C24H27NO5S/c1-23(2,3)19-12-15(13-20(21(19)26)24(4,5)6)11-18(14-25)31(29,30)17-9-7-16(8-10-17)22(27)28/h7-13,26H,1-6H3,(H,27,28). The first-order valence-electron chi connectivity index (χ1n) is 9.67. The molecule has 2 aromatic rings. The predicted octanol–water partition coefficient (Wildman–Crippen LogP) is 5.02. The van der Waals surface area contributed by atoms with Crippen LogP contribution in [0.1, 0.15) is 68.6 Å². The van der Waals surface area contributed by atoms with Gasteiger partial charge in [0.05, 0.1) is 10.5 Å². The number of sulfone groups is 1. The normalized spacial score (nSPS) is 13.0. The molecule has 0 aromatic heterocycles. The van der Waals surface area contributed by atoms with Gasteiger partial charge in [-0.05, 0) is 58.9 Å². The first kappa shape index (κ1) is 24.2. The number of hydrogen-bond donors (Lipinski definition) is 2. The molecule has 0 aliphatic carbocycles. The van der Waals surface area contributed by atoms with E-state index < -0.39 is 31.5 Å². The van der Waals surface area contributed by atoms with Gasteiger partial charge in [0.1, 0.15) is 16.7 Å². The lowest BCUT2D eigenvalue weighted by molar-refractivity contribution is 0.0696. The van der Waals surface area contributed by atoms with E-state index in [4.69, 9.17) is 5.11 Å². The smallest absolute Gasteiger partial charge is 0.335 e. The number of nitriles is 1. The van der Waals surface area contributed by atoms with Gasteiger partial charge in [-0.3, -0.25) is 0 Å². The van der Waals surface area contributed by atoms with Crippen molar-refractivity contribution >= 4 is 21.9 Å². The van der Waals surface area contributed by atoms with E-state index in [1.54, 1.807) is 18.2 Å². The molecule has 2 rings (SSSR count). The first-order valence-corrected chi connectivity index (χ1v) is 11.2. The monoisotopic (exact) mass is 441 g/mol. The number of phenolic OH excluding ortho intramolecular Hbond substituents is 1. The Kier molecular flexibility index (Phi) is 6.39. The van der Waals surface area contributed by atoms with Crippen molar-refractivity contribution in [3.8, 4) is 11.8 Å². The zero-order valence-corrected chi connectivity index (χ0v) is 19.3. The van der Waals surface area contributed by atoms with E-state index in [1.807, 2.05) is 41.5 Å². The lowest BCUT2D eigenvalue weighted by atomic mass is 9.78. The van der Waals surface area contributed by atoms with E-state index in [0.717, 1.165) is 0 Å². The fourth-order valence-corrected chi connectivity index (χ4v) is 4.27. The number of rotatable bonds is 4. The molecule has 6 nitrogen and oxygen atoms in total. The summed E-state index contributed by atoms with van der Waals surface area (Å²) in [6.07, 6.45) is 1.28. The van der Waals surface area contributed by atoms with Crippen LogP contribution < -0.4 is 0 Å². The highest BCUT2D eigenvalue weighted by atomic mass is 32.2. The molecule has 0 spiro atoms. The van der Waals surface area contributed by atoms with E-state index in [1.165, 1.54) is 30.3 Å². The molecular weight excluding hydrogens is 414 g/mol. The summed E-state index contributed by atoms with van der Waals surface area (Å²) in [6, 6.07) is 9.82. The lowest BCUT2D eigenvalue weighted by Gasteiger charge is -2.28. The van der Waals surface area contributed by atoms with Crippen LogP contribution >= 0.6 is 0 Å². The summed E-state index contributed by atoms with van der Waals surface area (Å²) < 4.78 is 26.0. The Bertz CT molecular complexity index is 1150. The largest absolute Gasteiger partial charge is 0.507 e. The van der Waals surface area contributed by atoms with Gasteiger partial charge in [-0.2, -0.15) is 5.26 Å². The van der Waals surface area contributed by atoms with Gasteiger partial charge in [0.15, 0.2) is 0 Å². The highest BCUT2D eigenvalue weighted by Gasteiger charge is 2.27. The Balaban J connectivity index is 2.70. The Morgan fingerprint density at radius 3 is 1.77 bits per heavy atom. The number of carboxylic acids is 1. The zero-order valence-electron chi connectivity index (χ0n) is 18.5. The maximum atomic E-state index is 13.0. The molecule has 0 amide bonds. The Hall–Kier alpha value is -3.11. The molecular formula is C24H27NO5S. The van der Waals surface area contributed by atoms with Gasteiger partial charge in [-0.15, -0.1) is 0 Å². The molecule has 164 valence electrons. The maximum Gasteiger partial charge on any atom is 0.335 e. The number of carboxylic acid groups (broad SMARTS) is 1. The van der Waals surface area contributed by atoms with Crippen LogP contribution in [0.3, 0.4) is 0 Å². The summed E-state index contributed by atoms with van der Waals surface area (Å²) in [5, 5.41) is 29.4. The average molecular weight is 442 g/mol. The molecule has 7 heteroatoms. The van der Waals surface area contributed by atoms with Crippen LogP contribution in [0.5, 0.6) is 5.75 Å². The second-order valence-electron chi connectivity index (χ2n) is 9.42. The SMILES string of the molecule is CC(C)(C)c1cc(C=C(C#N)S(=O)(=O)c2ccc(C(=O)O)cc2)cc(C(C)(C)C)c1O.